The number of thioether (sulfide) groups is 1. The zero-order valence-electron chi connectivity index (χ0n) is 15.1. The van der Waals surface area contributed by atoms with E-state index in [0.717, 1.165) is 23.4 Å². The number of carbonyl (C=O) groups is 3. The molecule has 28 heavy (non-hydrogen) atoms. The van der Waals surface area contributed by atoms with E-state index in [1.165, 1.54) is 11.8 Å². The second-order valence-corrected chi connectivity index (χ2v) is 8.10. The summed E-state index contributed by atoms with van der Waals surface area (Å²) < 4.78 is 5.52. The fourth-order valence-electron chi connectivity index (χ4n) is 2.96. The Hall–Kier alpha value is -2.80. The van der Waals surface area contributed by atoms with Gasteiger partial charge in [0.25, 0.3) is 5.91 Å². The van der Waals surface area contributed by atoms with Crippen molar-refractivity contribution >= 4 is 35.2 Å². The lowest BCUT2D eigenvalue weighted by Crippen LogP contribution is -2.35. The van der Waals surface area contributed by atoms with Gasteiger partial charge in [0.1, 0.15) is 0 Å². The molecule has 2 atom stereocenters. The summed E-state index contributed by atoms with van der Waals surface area (Å²) in [6.45, 7) is 0. The molecule has 6 nitrogen and oxygen atoms in total. The molecule has 1 saturated carbocycles. The molecule has 144 valence electrons. The Labute approximate surface area is 167 Å². The number of nitrogens with one attached hydrogen (secondary N) is 2. The fourth-order valence-corrected chi connectivity index (χ4v) is 4.06. The molecule has 0 unspecified atom stereocenters. The van der Waals surface area contributed by atoms with Gasteiger partial charge in [-0.1, -0.05) is 42.5 Å². The topological polar surface area (TPSA) is 84.5 Å². The van der Waals surface area contributed by atoms with Crippen LogP contribution in [-0.2, 0) is 19.1 Å². The third-order valence-electron chi connectivity index (χ3n) is 4.57. The average molecular weight is 396 g/mol. The Morgan fingerprint density at radius 2 is 1.82 bits per heavy atom. The van der Waals surface area contributed by atoms with Gasteiger partial charge in [0.05, 0.1) is 17.4 Å². The molecular formula is C21H20N2O4S. The molecule has 0 spiro atoms. The Morgan fingerprint density at radius 3 is 2.57 bits per heavy atom. The summed E-state index contributed by atoms with van der Waals surface area (Å²) in [6.07, 6.45) is 0.766. The monoisotopic (exact) mass is 396 g/mol. The van der Waals surface area contributed by atoms with Crippen LogP contribution in [0.2, 0.25) is 0 Å². The van der Waals surface area contributed by atoms with Crippen LogP contribution in [0.3, 0.4) is 0 Å². The number of benzene rings is 2. The van der Waals surface area contributed by atoms with Gasteiger partial charge in [-0.2, -0.15) is 0 Å². The first-order valence-corrected chi connectivity index (χ1v) is 10.1. The number of para-hydroxylation sites is 1. The van der Waals surface area contributed by atoms with Crippen LogP contribution in [0, 0.1) is 0 Å². The Kier molecular flexibility index (Phi) is 5.34. The highest BCUT2D eigenvalue weighted by Gasteiger charge is 2.33. The van der Waals surface area contributed by atoms with Gasteiger partial charge in [-0.25, -0.2) is 0 Å². The van der Waals surface area contributed by atoms with E-state index >= 15 is 0 Å². The van der Waals surface area contributed by atoms with E-state index in [2.05, 4.69) is 10.6 Å². The number of carbonyl (C=O) groups excluding carboxylic acids is 3. The van der Waals surface area contributed by atoms with Crippen LogP contribution in [0.4, 0.5) is 5.69 Å². The Bertz CT molecular complexity index is 898. The van der Waals surface area contributed by atoms with Crippen molar-refractivity contribution in [2.75, 3.05) is 5.32 Å². The van der Waals surface area contributed by atoms with Gasteiger partial charge in [0.2, 0.25) is 12.0 Å². The van der Waals surface area contributed by atoms with Gasteiger partial charge >= 0.3 is 5.97 Å². The first-order chi connectivity index (χ1) is 13.6. The van der Waals surface area contributed by atoms with Crippen molar-refractivity contribution in [3.63, 3.8) is 0 Å². The molecule has 1 fully saturated rings. The van der Waals surface area contributed by atoms with Crippen molar-refractivity contribution in [3.05, 3.63) is 60.2 Å². The second kappa shape index (κ2) is 8.06. The number of amides is 2. The predicted octanol–water partition coefficient (Wildman–Crippen LogP) is 3.05. The summed E-state index contributed by atoms with van der Waals surface area (Å²) in [4.78, 5) is 38.4. The van der Waals surface area contributed by atoms with Crippen LogP contribution in [0.15, 0.2) is 59.5 Å². The third kappa shape index (κ3) is 4.36. The van der Waals surface area contributed by atoms with Crippen molar-refractivity contribution < 1.29 is 19.1 Å². The normalized spacial score (nSPS) is 19.1. The third-order valence-corrected chi connectivity index (χ3v) is 5.85. The quantitative estimate of drug-likeness (QED) is 0.733. The van der Waals surface area contributed by atoms with Gasteiger partial charge in [-0.05, 0) is 25.0 Å². The van der Waals surface area contributed by atoms with Gasteiger partial charge < -0.3 is 15.4 Å². The number of hydrogen-bond acceptors (Lipinski definition) is 5. The molecule has 0 bridgehead atoms. The molecule has 0 radical (unpaired) electrons. The molecule has 0 saturated heterocycles. The van der Waals surface area contributed by atoms with E-state index in [4.69, 9.17) is 4.74 Å². The maximum atomic E-state index is 12.6. The Balaban J connectivity index is 1.44. The lowest BCUT2D eigenvalue weighted by Gasteiger charge is -2.24. The number of rotatable bonds is 6. The van der Waals surface area contributed by atoms with Crippen LogP contribution >= 0.6 is 11.8 Å². The van der Waals surface area contributed by atoms with Crippen molar-refractivity contribution in [3.8, 4) is 0 Å². The minimum atomic E-state index is -1.02. The lowest BCUT2D eigenvalue weighted by atomic mass is 10.1. The standard InChI is InChI=1S/C21H20N2O4S/c24-18(12-17-20(25)23-15-8-4-5-9-16(15)28-17)27-19(13-6-2-1-3-7-13)21(26)22-14-10-11-14/h1-9,14,17,19H,10-12H2,(H,22,26)(H,23,25)/t17-,19+/m0/s1. The number of hydrogen-bond donors (Lipinski definition) is 2. The van der Waals surface area contributed by atoms with Crippen LogP contribution in [0.5, 0.6) is 0 Å². The van der Waals surface area contributed by atoms with E-state index in [0.29, 0.717) is 5.56 Å². The van der Waals surface area contributed by atoms with E-state index in [-0.39, 0.29) is 24.3 Å². The van der Waals surface area contributed by atoms with Crippen molar-refractivity contribution in [2.45, 2.75) is 41.6 Å². The van der Waals surface area contributed by atoms with Gasteiger partial charge in [0.15, 0.2) is 0 Å². The number of fused-ring (bicyclic) bond motifs is 1. The molecule has 2 aromatic rings. The molecular weight excluding hydrogens is 376 g/mol. The minimum absolute atomic E-state index is 0.106. The zero-order chi connectivity index (χ0) is 19.5. The zero-order valence-corrected chi connectivity index (χ0v) is 15.9. The highest BCUT2D eigenvalue weighted by atomic mass is 32.2. The van der Waals surface area contributed by atoms with Crippen molar-refractivity contribution in [1.29, 1.82) is 0 Å². The van der Waals surface area contributed by atoms with Gasteiger partial charge in [0, 0.05) is 16.5 Å². The molecule has 2 aliphatic rings. The molecule has 1 aliphatic carbocycles. The fraction of sp³-hybridized carbons (Fsp3) is 0.286. The van der Waals surface area contributed by atoms with E-state index < -0.39 is 17.3 Å². The maximum Gasteiger partial charge on any atom is 0.308 e. The lowest BCUT2D eigenvalue weighted by molar-refractivity contribution is -0.156. The summed E-state index contributed by atoms with van der Waals surface area (Å²) in [5, 5.41) is 5.10. The van der Waals surface area contributed by atoms with Crippen LogP contribution in [0.25, 0.3) is 0 Å². The molecule has 2 N–H and O–H groups in total. The summed E-state index contributed by atoms with van der Waals surface area (Å²) >= 11 is 1.33. The first-order valence-electron chi connectivity index (χ1n) is 9.21. The molecule has 0 aromatic heterocycles. The summed E-state index contributed by atoms with van der Waals surface area (Å²) in [6, 6.07) is 16.5. The van der Waals surface area contributed by atoms with Crippen molar-refractivity contribution in [2.24, 2.45) is 0 Å². The van der Waals surface area contributed by atoms with E-state index in [1.807, 2.05) is 30.3 Å². The maximum absolute atomic E-state index is 12.6. The largest absolute Gasteiger partial charge is 0.447 e. The Morgan fingerprint density at radius 1 is 1.11 bits per heavy atom. The molecule has 2 amide bonds. The molecule has 7 heteroatoms. The summed E-state index contributed by atoms with van der Waals surface area (Å²) in [7, 11) is 0. The highest BCUT2D eigenvalue weighted by molar-refractivity contribution is 8.01. The molecule has 1 heterocycles. The molecule has 2 aromatic carbocycles. The predicted molar refractivity (Wildman–Crippen MR) is 106 cm³/mol. The summed E-state index contributed by atoms with van der Waals surface area (Å²) in [5.41, 5.74) is 1.35. The minimum Gasteiger partial charge on any atom is -0.447 e. The van der Waals surface area contributed by atoms with Crippen molar-refractivity contribution in [1.82, 2.24) is 5.32 Å². The number of anilines is 1. The number of ether oxygens (including phenoxy) is 1. The van der Waals surface area contributed by atoms with Crippen LogP contribution < -0.4 is 10.6 Å². The van der Waals surface area contributed by atoms with E-state index in [1.54, 1.807) is 24.3 Å². The number of esters is 1. The van der Waals surface area contributed by atoms with Crippen LogP contribution in [0.1, 0.15) is 30.9 Å². The average Bonchev–Trinajstić information content (AvgIpc) is 3.51. The molecule has 4 rings (SSSR count). The first kappa shape index (κ1) is 18.6. The van der Waals surface area contributed by atoms with Crippen LogP contribution in [-0.4, -0.2) is 29.1 Å². The smallest absolute Gasteiger partial charge is 0.308 e. The highest BCUT2D eigenvalue weighted by Crippen LogP contribution is 2.37. The van der Waals surface area contributed by atoms with Gasteiger partial charge in [-0.15, -0.1) is 11.8 Å². The SMILES string of the molecule is O=C(C[C@@H]1Sc2ccccc2NC1=O)O[C@@H](C(=O)NC1CC1)c1ccccc1. The molecule has 1 aliphatic heterocycles. The second-order valence-electron chi connectivity index (χ2n) is 6.86. The van der Waals surface area contributed by atoms with E-state index in [9.17, 15) is 14.4 Å². The summed E-state index contributed by atoms with van der Waals surface area (Å²) in [5.74, 6) is -1.14. The van der Waals surface area contributed by atoms with Gasteiger partial charge in [-0.3, -0.25) is 14.4 Å².